The van der Waals surface area contributed by atoms with Gasteiger partial charge in [0.2, 0.25) is 0 Å². The molecule has 0 aromatic carbocycles. The predicted octanol–water partition coefficient (Wildman–Crippen LogP) is 3.28. The molecule has 1 unspecified atom stereocenters. The maximum Gasteiger partial charge on any atom is 0.287 e. The molecule has 1 aliphatic carbocycles. The van der Waals surface area contributed by atoms with E-state index >= 15 is 0 Å². The molecule has 8 nitrogen and oxygen atoms in total. The third kappa shape index (κ3) is 3.60. The number of fused-ring (bicyclic) bond motifs is 1. The second-order valence-corrected chi connectivity index (χ2v) is 9.04. The minimum absolute atomic E-state index is 0.0610. The van der Waals surface area contributed by atoms with Gasteiger partial charge in [-0.1, -0.05) is 0 Å². The third-order valence-electron chi connectivity index (χ3n) is 6.84. The fourth-order valence-corrected chi connectivity index (χ4v) is 4.84. The van der Waals surface area contributed by atoms with Crippen LogP contribution in [0.2, 0.25) is 0 Å². The molecule has 4 heterocycles. The third-order valence-corrected chi connectivity index (χ3v) is 6.84. The van der Waals surface area contributed by atoms with Crippen LogP contribution in [0.15, 0.2) is 41.2 Å². The predicted molar refractivity (Wildman–Crippen MR) is 115 cm³/mol. The molecule has 3 aromatic rings. The molecular weight excluding hydrogens is 394 g/mol. The van der Waals surface area contributed by atoms with Crippen molar-refractivity contribution >= 4 is 22.8 Å². The summed E-state index contributed by atoms with van der Waals surface area (Å²) in [4.78, 5) is 31.4. The lowest BCUT2D eigenvalue weighted by atomic mass is 9.90. The summed E-state index contributed by atoms with van der Waals surface area (Å²) in [5, 5.41) is 8.18. The molecule has 2 fully saturated rings. The van der Waals surface area contributed by atoms with Gasteiger partial charge in [-0.15, -0.1) is 0 Å². The molecule has 0 radical (unpaired) electrons. The molecule has 2 aliphatic rings. The number of rotatable bonds is 5. The van der Waals surface area contributed by atoms with Gasteiger partial charge in [0.15, 0.2) is 11.3 Å². The van der Waals surface area contributed by atoms with E-state index in [9.17, 15) is 9.59 Å². The molecule has 1 atom stereocenters. The minimum atomic E-state index is -0.187. The molecule has 1 N–H and O–H groups in total. The number of nitrogens with one attached hydrogen (secondary N) is 1. The van der Waals surface area contributed by atoms with Crippen molar-refractivity contribution in [2.45, 2.75) is 39.2 Å². The van der Waals surface area contributed by atoms with Crippen molar-refractivity contribution in [3.05, 3.63) is 48.2 Å². The number of likely N-dealkylation sites (tertiary alicyclic amines) is 1. The summed E-state index contributed by atoms with van der Waals surface area (Å²) in [5.74, 6) is 0.652. The average molecular weight is 422 g/mol. The van der Waals surface area contributed by atoms with Gasteiger partial charge in [0, 0.05) is 43.5 Å². The molecule has 1 saturated carbocycles. The zero-order chi connectivity index (χ0) is 21.6. The molecule has 3 aromatic heterocycles. The van der Waals surface area contributed by atoms with Crippen molar-refractivity contribution in [2.75, 3.05) is 19.6 Å². The average Bonchev–Trinajstić information content (AvgIpc) is 3.16. The molecule has 162 valence electrons. The number of hydrogen-bond donors (Lipinski definition) is 1. The van der Waals surface area contributed by atoms with Crippen molar-refractivity contribution in [3.63, 3.8) is 0 Å². The summed E-state index contributed by atoms with van der Waals surface area (Å²) in [5.41, 5.74) is 1.53. The van der Waals surface area contributed by atoms with Crippen molar-refractivity contribution in [3.8, 4) is 0 Å². The number of furan rings is 1. The Kier molecular flexibility index (Phi) is 4.79. The van der Waals surface area contributed by atoms with Gasteiger partial charge < -0.3 is 14.6 Å². The van der Waals surface area contributed by atoms with Gasteiger partial charge in [-0.3, -0.25) is 19.3 Å². The van der Waals surface area contributed by atoms with Gasteiger partial charge in [0.05, 0.1) is 6.20 Å². The van der Waals surface area contributed by atoms with Crippen molar-refractivity contribution in [2.24, 2.45) is 11.3 Å². The Balaban J connectivity index is 1.14. The Bertz CT molecular complexity index is 1090. The van der Waals surface area contributed by atoms with E-state index in [1.165, 1.54) is 0 Å². The zero-order valence-electron chi connectivity index (χ0n) is 17.9. The Morgan fingerprint density at radius 1 is 1.26 bits per heavy atom. The molecule has 0 bridgehead atoms. The molecule has 1 aliphatic heterocycles. The fourth-order valence-electron chi connectivity index (χ4n) is 4.84. The summed E-state index contributed by atoms with van der Waals surface area (Å²) in [6, 6.07) is 5.54. The number of hydrogen-bond acceptors (Lipinski definition) is 5. The molecule has 1 spiro atoms. The van der Waals surface area contributed by atoms with Crippen molar-refractivity contribution in [1.29, 1.82) is 0 Å². The van der Waals surface area contributed by atoms with E-state index in [2.05, 4.69) is 15.4 Å². The van der Waals surface area contributed by atoms with Crippen molar-refractivity contribution < 1.29 is 14.0 Å². The van der Waals surface area contributed by atoms with E-state index in [1.54, 1.807) is 35.4 Å². The number of aromatic nitrogens is 3. The van der Waals surface area contributed by atoms with E-state index in [1.807, 2.05) is 24.8 Å². The van der Waals surface area contributed by atoms with Crippen LogP contribution >= 0.6 is 0 Å². The van der Waals surface area contributed by atoms with Crippen molar-refractivity contribution in [1.82, 2.24) is 25.0 Å². The smallest absolute Gasteiger partial charge is 0.287 e. The first kappa shape index (κ1) is 19.8. The van der Waals surface area contributed by atoms with Gasteiger partial charge in [0.1, 0.15) is 5.69 Å². The summed E-state index contributed by atoms with van der Waals surface area (Å²) in [7, 11) is 0. The Morgan fingerprint density at radius 2 is 2.06 bits per heavy atom. The zero-order valence-corrected chi connectivity index (χ0v) is 17.9. The number of carbonyl (C=O) groups is 2. The molecule has 2 amide bonds. The van der Waals surface area contributed by atoms with Crippen LogP contribution in [0.4, 0.5) is 0 Å². The fraction of sp³-hybridized carbons (Fsp3) is 0.478. The van der Waals surface area contributed by atoms with E-state index in [0.717, 1.165) is 37.7 Å². The highest BCUT2D eigenvalue weighted by molar-refractivity contribution is 5.96. The van der Waals surface area contributed by atoms with Gasteiger partial charge >= 0.3 is 0 Å². The molecular formula is C23H27N5O3. The number of amides is 2. The normalized spacial score (nSPS) is 19.8. The van der Waals surface area contributed by atoms with E-state index in [0.29, 0.717) is 29.5 Å². The number of pyridine rings is 1. The Morgan fingerprint density at radius 3 is 2.81 bits per heavy atom. The van der Waals surface area contributed by atoms with Gasteiger partial charge in [0.25, 0.3) is 11.8 Å². The Hall–Kier alpha value is -3.16. The number of nitrogens with zero attached hydrogens (tertiary/aromatic N) is 4. The topological polar surface area (TPSA) is 93.3 Å². The molecule has 31 heavy (non-hydrogen) atoms. The first-order valence-corrected chi connectivity index (χ1v) is 10.9. The summed E-state index contributed by atoms with van der Waals surface area (Å²) in [6.07, 6.45) is 8.04. The van der Waals surface area contributed by atoms with Crippen LogP contribution in [0.3, 0.4) is 0 Å². The van der Waals surface area contributed by atoms with Crippen LogP contribution in [0.1, 0.15) is 60.2 Å². The second kappa shape index (κ2) is 7.51. The van der Waals surface area contributed by atoms with Gasteiger partial charge in [-0.05, 0) is 62.6 Å². The first-order chi connectivity index (χ1) is 15.0. The van der Waals surface area contributed by atoms with Gasteiger partial charge in [-0.2, -0.15) is 5.10 Å². The largest absolute Gasteiger partial charge is 0.449 e. The van der Waals surface area contributed by atoms with Crippen LogP contribution in [-0.4, -0.2) is 51.1 Å². The molecule has 1 saturated heterocycles. The SMILES string of the molecule is CC(C)n1nccc1C(=O)N1CCC2(CC1)CC2CNC(=O)c1cc2ccncc2o1. The quantitative estimate of drug-likeness (QED) is 0.682. The minimum Gasteiger partial charge on any atom is -0.449 e. The van der Waals surface area contributed by atoms with E-state index in [-0.39, 0.29) is 23.3 Å². The van der Waals surface area contributed by atoms with E-state index in [4.69, 9.17) is 4.42 Å². The van der Waals surface area contributed by atoms with Gasteiger partial charge in [-0.25, -0.2) is 0 Å². The summed E-state index contributed by atoms with van der Waals surface area (Å²) >= 11 is 0. The summed E-state index contributed by atoms with van der Waals surface area (Å²) < 4.78 is 7.38. The maximum atomic E-state index is 12.9. The molecule has 5 rings (SSSR count). The lowest BCUT2D eigenvalue weighted by Crippen LogP contribution is -2.41. The first-order valence-electron chi connectivity index (χ1n) is 10.9. The number of carbonyl (C=O) groups excluding carboxylic acids is 2. The number of piperidine rings is 1. The molecule has 8 heteroatoms. The van der Waals surface area contributed by atoms with Crippen LogP contribution in [-0.2, 0) is 0 Å². The van der Waals surface area contributed by atoms with Crippen LogP contribution in [0, 0.1) is 11.3 Å². The second-order valence-electron chi connectivity index (χ2n) is 9.04. The summed E-state index contributed by atoms with van der Waals surface area (Å²) in [6.45, 7) is 6.20. The lowest BCUT2D eigenvalue weighted by Gasteiger charge is -2.33. The van der Waals surface area contributed by atoms with E-state index < -0.39 is 0 Å². The highest BCUT2D eigenvalue weighted by Crippen LogP contribution is 2.59. The van der Waals surface area contributed by atoms with Crippen LogP contribution < -0.4 is 5.32 Å². The highest BCUT2D eigenvalue weighted by atomic mass is 16.3. The highest BCUT2D eigenvalue weighted by Gasteiger charge is 2.54. The van der Waals surface area contributed by atoms with Crippen LogP contribution in [0.5, 0.6) is 0 Å². The van der Waals surface area contributed by atoms with Crippen LogP contribution in [0.25, 0.3) is 11.0 Å². The standard InChI is InChI=1S/C23H27N5O3/c1-15(2)28-18(4-8-26-28)22(30)27-9-5-23(6-10-27)12-17(23)13-25-21(29)19-11-16-3-7-24-14-20(16)31-19/h3-4,7-8,11,14-15,17H,5-6,9-10,12-13H2,1-2H3,(H,25,29). The monoisotopic (exact) mass is 421 g/mol. The lowest BCUT2D eigenvalue weighted by molar-refractivity contribution is 0.0654. The Labute approximate surface area is 180 Å². The maximum absolute atomic E-state index is 12.9.